The van der Waals surface area contributed by atoms with E-state index >= 15 is 0 Å². The van der Waals surface area contributed by atoms with Crippen molar-refractivity contribution in [2.75, 3.05) is 6.54 Å². The van der Waals surface area contributed by atoms with E-state index in [9.17, 15) is 0 Å². The van der Waals surface area contributed by atoms with Crippen molar-refractivity contribution in [1.29, 1.82) is 0 Å². The summed E-state index contributed by atoms with van der Waals surface area (Å²) in [5.74, 6) is 0. The Kier molecular flexibility index (Phi) is 2.13. The molecule has 1 aliphatic heterocycles. The predicted octanol–water partition coefficient (Wildman–Crippen LogP) is 1.20. The van der Waals surface area contributed by atoms with Gasteiger partial charge in [0.25, 0.3) is 0 Å². The minimum atomic E-state index is 0.645. The highest BCUT2D eigenvalue weighted by Gasteiger charge is 2.18. The molecule has 0 radical (unpaired) electrons. The lowest BCUT2D eigenvalue weighted by Crippen LogP contribution is -2.36. The molecule has 0 spiro atoms. The molecular formula is C9H15N3. The van der Waals surface area contributed by atoms with Crippen LogP contribution in [0.2, 0.25) is 0 Å². The topological polar surface area (TPSA) is 29.9 Å². The zero-order valence-electron chi connectivity index (χ0n) is 7.40. The molecule has 2 rings (SSSR count). The zero-order chi connectivity index (χ0) is 8.39. The Labute approximate surface area is 72.8 Å². The minimum absolute atomic E-state index is 0.645. The first-order chi connectivity index (χ1) is 5.86. The minimum Gasteiger partial charge on any atom is -0.334 e. The Balaban J connectivity index is 2.04. The van der Waals surface area contributed by atoms with Crippen LogP contribution in [0.15, 0.2) is 18.7 Å². The lowest BCUT2D eigenvalue weighted by Gasteiger charge is -2.28. The van der Waals surface area contributed by atoms with Gasteiger partial charge in [0.05, 0.1) is 6.33 Å². The second kappa shape index (κ2) is 3.27. The van der Waals surface area contributed by atoms with Crippen LogP contribution in [0.5, 0.6) is 0 Å². The number of piperidine rings is 1. The fourth-order valence-electron chi connectivity index (χ4n) is 1.86. The van der Waals surface area contributed by atoms with Crippen LogP contribution in [0, 0.1) is 0 Å². The van der Waals surface area contributed by atoms with Gasteiger partial charge in [-0.25, -0.2) is 4.98 Å². The second-order valence-electron chi connectivity index (χ2n) is 3.54. The van der Waals surface area contributed by atoms with Crippen LogP contribution in [-0.2, 0) is 0 Å². The summed E-state index contributed by atoms with van der Waals surface area (Å²) < 4.78 is 2.22. The molecule has 2 atom stereocenters. The van der Waals surface area contributed by atoms with Gasteiger partial charge in [-0.1, -0.05) is 0 Å². The van der Waals surface area contributed by atoms with E-state index in [-0.39, 0.29) is 0 Å². The van der Waals surface area contributed by atoms with Crippen LogP contribution in [0.4, 0.5) is 0 Å². The highest BCUT2D eigenvalue weighted by atomic mass is 15.1. The van der Waals surface area contributed by atoms with Gasteiger partial charge in [-0.2, -0.15) is 0 Å². The first-order valence-electron chi connectivity index (χ1n) is 4.57. The van der Waals surface area contributed by atoms with Gasteiger partial charge in [0, 0.05) is 24.5 Å². The summed E-state index contributed by atoms with van der Waals surface area (Å²) in [4.78, 5) is 4.06. The Morgan fingerprint density at radius 2 is 2.50 bits per heavy atom. The van der Waals surface area contributed by atoms with Gasteiger partial charge in [-0.3, -0.25) is 0 Å². The summed E-state index contributed by atoms with van der Waals surface area (Å²) in [6.45, 7) is 3.37. The molecule has 0 unspecified atom stereocenters. The Morgan fingerprint density at radius 1 is 1.58 bits per heavy atom. The molecule has 3 heteroatoms. The standard InChI is InChI=1S/C9H15N3/c1-8-6-9(2-3-11-8)12-5-4-10-7-12/h4-5,7-9,11H,2-3,6H2,1H3/t8-,9-/m0/s1. The van der Waals surface area contributed by atoms with Gasteiger partial charge < -0.3 is 9.88 Å². The molecule has 12 heavy (non-hydrogen) atoms. The zero-order valence-corrected chi connectivity index (χ0v) is 7.40. The smallest absolute Gasteiger partial charge is 0.0948 e. The van der Waals surface area contributed by atoms with Crippen LogP contribution < -0.4 is 5.32 Å². The van der Waals surface area contributed by atoms with Crippen molar-refractivity contribution in [3.05, 3.63) is 18.7 Å². The van der Waals surface area contributed by atoms with Crippen LogP contribution in [0.25, 0.3) is 0 Å². The average Bonchev–Trinajstić information content (AvgIpc) is 2.56. The molecule has 0 amide bonds. The molecule has 0 aliphatic carbocycles. The van der Waals surface area contributed by atoms with E-state index in [0.717, 1.165) is 6.54 Å². The molecule has 66 valence electrons. The molecule has 1 fully saturated rings. The summed E-state index contributed by atoms with van der Waals surface area (Å²) in [7, 11) is 0. The van der Waals surface area contributed by atoms with Gasteiger partial charge in [0.1, 0.15) is 0 Å². The lowest BCUT2D eigenvalue weighted by molar-refractivity contribution is 0.313. The fraction of sp³-hybridized carbons (Fsp3) is 0.667. The third kappa shape index (κ3) is 1.50. The quantitative estimate of drug-likeness (QED) is 0.677. The molecule has 1 aliphatic rings. The van der Waals surface area contributed by atoms with Crippen molar-refractivity contribution in [3.8, 4) is 0 Å². The number of nitrogens with one attached hydrogen (secondary N) is 1. The van der Waals surface area contributed by atoms with Crippen molar-refractivity contribution in [3.63, 3.8) is 0 Å². The summed E-state index contributed by atoms with van der Waals surface area (Å²) >= 11 is 0. The number of imidazole rings is 1. The summed E-state index contributed by atoms with van der Waals surface area (Å²) in [5.41, 5.74) is 0. The highest BCUT2D eigenvalue weighted by molar-refractivity contribution is 4.85. The molecule has 1 aromatic rings. The maximum Gasteiger partial charge on any atom is 0.0948 e. The van der Waals surface area contributed by atoms with Gasteiger partial charge in [0.2, 0.25) is 0 Å². The number of rotatable bonds is 1. The van der Waals surface area contributed by atoms with Crippen LogP contribution in [0.3, 0.4) is 0 Å². The van der Waals surface area contributed by atoms with Crippen LogP contribution in [0.1, 0.15) is 25.8 Å². The Hall–Kier alpha value is -0.830. The fourth-order valence-corrected chi connectivity index (χ4v) is 1.86. The molecule has 0 bridgehead atoms. The molecular weight excluding hydrogens is 150 g/mol. The van der Waals surface area contributed by atoms with E-state index in [1.54, 1.807) is 0 Å². The normalized spacial score (nSPS) is 30.4. The summed E-state index contributed by atoms with van der Waals surface area (Å²) in [6, 6.07) is 1.30. The summed E-state index contributed by atoms with van der Waals surface area (Å²) in [6.07, 6.45) is 8.27. The predicted molar refractivity (Wildman–Crippen MR) is 48.0 cm³/mol. The first-order valence-corrected chi connectivity index (χ1v) is 4.57. The number of hydrogen-bond donors (Lipinski definition) is 1. The molecule has 3 nitrogen and oxygen atoms in total. The average molecular weight is 165 g/mol. The van der Waals surface area contributed by atoms with E-state index in [2.05, 4.69) is 28.0 Å². The third-order valence-corrected chi connectivity index (χ3v) is 2.54. The lowest BCUT2D eigenvalue weighted by atomic mass is 10.0. The monoisotopic (exact) mass is 165 g/mol. The van der Waals surface area contributed by atoms with Gasteiger partial charge in [0.15, 0.2) is 0 Å². The van der Waals surface area contributed by atoms with Gasteiger partial charge >= 0.3 is 0 Å². The van der Waals surface area contributed by atoms with E-state index in [0.29, 0.717) is 12.1 Å². The van der Waals surface area contributed by atoms with Crippen molar-refractivity contribution < 1.29 is 0 Å². The molecule has 0 saturated carbocycles. The maximum atomic E-state index is 4.06. The third-order valence-electron chi connectivity index (χ3n) is 2.54. The second-order valence-corrected chi connectivity index (χ2v) is 3.54. The van der Waals surface area contributed by atoms with Gasteiger partial charge in [-0.05, 0) is 26.3 Å². The highest BCUT2D eigenvalue weighted by Crippen LogP contribution is 2.20. The number of aromatic nitrogens is 2. The van der Waals surface area contributed by atoms with Crippen LogP contribution in [-0.4, -0.2) is 22.1 Å². The van der Waals surface area contributed by atoms with Crippen LogP contribution >= 0.6 is 0 Å². The SMILES string of the molecule is C[C@H]1C[C@@H](n2ccnc2)CCN1. The van der Waals surface area contributed by atoms with Gasteiger partial charge in [-0.15, -0.1) is 0 Å². The Morgan fingerprint density at radius 3 is 3.17 bits per heavy atom. The number of nitrogens with zero attached hydrogens (tertiary/aromatic N) is 2. The van der Waals surface area contributed by atoms with E-state index in [4.69, 9.17) is 0 Å². The molecule has 1 saturated heterocycles. The van der Waals surface area contributed by atoms with E-state index in [1.165, 1.54) is 12.8 Å². The van der Waals surface area contributed by atoms with Crippen molar-refractivity contribution in [2.24, 2.45) is 0 Å². The summed E-state index contributed by atoms with van der Waals surface area (Å²) in [5, 5.41) is 3.44. The largest absolute Gasteiger partial charge is 0.334 e. The van der Waals surface area contributed by atoms with E-state index in [1.807, 2.05) is 12.5 Å². The van der Waals surface area contributed by atoms with E-state index < -0.39 is 0 Å². The maximum absolute atomic E-state index is 4.06. The van der Waals surface area contributed by atoms with Crippen molar-refractivity contribution >= 4 is 0 Å². The molecule has 1 N–H and O–H groups in total. The molecule has 2 heterocycles. The Bertz CT molecular complexity index is 230. The molecule has 0 aromatic carbocycles. The van der Waals surface area contributed by atoms with Crippen molar-refractivity contribution in [1.82, 2.24) is 14.9 Å². The molecule has 1 aromatic heterocycles. The van der Waals surface area contributed by atoms with Crippen molar-refractivity contribution in [2.45, 2.75) is 31.8 Å². The first kappa shape index (κ1) is 7.80. The number of hydrogen-bond acceptors (Lipinski definition) is 2.